The zero-order valence-corrected chi connectivity index (χ0v) is 14.4. The van der Waals surface area contributed by atoms with E-state index >= 15 is 0 Å². The zero-order chi connectivity index (χ0) is 16.0. The van der Waals surface area contributed by atoms with E-state index in [0.29, 0.717) is 24.5 Å². The van der Waals surface area contributed by atoms with E-state index in [-0.39, 0.29) is 0 Å². The van der Waals surface area contributed by atoms with Crippen LogP contribution in [0.5, 0.6) is 0 Å². The van der Waals surface area contributed by atoms with Crippen LogP contribution in [0.2, 0.25) is 0 Å². The highest BCUT2D eigenvalue weighted by Gasteiger charge is 2.24. The predicted molar refractivity (Wildman–Crippen MR) is 85.6 cm³/mol. The molecule has 6 nitrogen and oxygen atoms in total. The number of aryl methyl sites for hydroxylation is 1. The van der Waals surface area contributed by atoms with Crippen LogP contribution in [0.25, 0.3) is 0 Å². The topological polar surface area (TPSA) is 71.6 Å². The average Bonchev–Trinajstić information content (AvgIpc) is 2.87. The Labute approximate surface area is 128 Å². The Kier molecular flexibility index (Phi) is 6.86. The molecule has 0 aliphatic carbocycles. The van der Waals surface area contributed by atoms with Gasteiger partial charge in [0.25, 0.3) is 0 Å². The minimum absolute atomic E-state index is 0.343. The summed E-state index contributed by atoms with van der Waals surface area (Å²) in [5.41, 5.74) is 6.52. The van der Waals surface area contributed by atoms with Crippen LogP contribution in [0.3, 0.4) is 0 Å². The van der Waals surface area contributed by atoms with Gasteiger partial charge in [0.2, 0.25) is 10.0 Å². The van der Waals surface area contributed by atoms with Gasteiger partial charge in [0.15, 0.2) is 0 Å². The molecule has 122 valence electrons. The van der Waals surface area contributed by atoms with Crippen molar-refractivity contribution in [2.75, 3.05) is 33.7 Å². The normalized spacial score (nSPS) is 12.5. The number of nitrogens with two attached hydrogens (primary N) is 1. The quantitative estimate of drug-likeness (QED) is 0.736. The monoisotopic (exact) mass is 316 g/mol. The fourth-order valence-corrected chi connectivity index (χ4v) is 3.85. The lowest BCUT2D eigenvalue weighted by molar-refractivity contribution is 0.356. The first-order valence-electron chi connectivity index (χ1n) is 7.40. The van der Waals surface area contributed by atoms with Crippen molar-refractivity contribution in [1.29, 1.82) is 0 Å². The van der Waals surface area contributed by atoms with Crippen LogP contribution < -0.4 is 5.73 Å². The number of hydrogen-bond acceptors (Lipinski definition) is 4. The summed E-state index contributed by atoms with van der Waals surface area (Å²) in [6.07, 6.45) is 2.50. The number of nitrogens with zero attached hydrogens (tertiary/aromatic N) is 3. The van der Waals surface area contributed by atoms with E-state index in [1.54, 1.807) is 12.3 Å². The van der Waals surface area contributed by atoms with Gasteiger partial charge in [0.05, 0.1) is 0 Å². The van der Waals surface area contributed by atoms with Crippen molar-refractivity contribution in [3.05, 3.63) is 18.0 Å². The maximum absolute atomic E-state index is 12.7. The fraction of sp³-hybridized carbons (Fsp3) is 0.714. The van der Waals surface area contributed by atoms with Crippen molar-refractivity contribution in [2.24, 2.45) is 5.73 Å². The van der Waals surface area contributed by atoms with E-state index in [4.69, 9.17) is 5.73 Å². The molecule has 0 amide bonds. The highest BCUT2D eigenvalue weighted by atomic mass is 32.2. The molecular formula is C14H28N4O2S. The Hall–Kier alpha value is -0.890. The molecule has 7 heteroatoms. The Balaban J connectivity index is 2.93. The van der Waals surface area contributed by atoms with Crippen LogP contribution in [-0.2, 0) is 23.1 Å². The van der Waals surface area contributed by atoms with Crippen molar-refractivity contribution in [1.82, 2.24) is 13.8 Å². The molecule has 0 spiro atoms. The lowest BCUT2D eigenvalue weighted by Crippen LogP contribution is -2.33. The molecular weight excluding hydrogens is 288 g/mol. The minimum Gasteiger partial charge on any atom is -0.349 e. The predicted octanol–water partition coefficient (Wildman–Crippen LogP) is 0.929. The van der Waals surface area contributed by atoms with Crippen LogP contribution in [0.15, 0.2) is 17.2 Å². The number of sulfonamides is 1. The van der Waals surface area contributed by atoms with Gasteiger partial charge < -0.3 is 15.2 Å². The standard InChI is InChI=1S/C14H28N4O2S/c1-5-17-12-14(10-13(17)11-15)21(19,20)18(6-2)9-7-8-16(3)4/h10,12H,5-9,11,15H2,1-4H3. The molecule has 1 rings (SSSR count). The lowest BCUT2D eigenvalue weighted by atomic mass is 10.4. The minimum atomic E-state index is -3.43. The van der Waals surface area contributed by atoms with E-state index in [1.165, 1.54) is 4.31 Å². The van der Waals surface area contributed by atoms with Gasteiger partial charge in [0, 0.05) is 38.1 Å². The summed E-state index contributed by atoms with van der Waals surface area (Å²) >= 11 is 0. The van der Waals surface area contributed by atoms with Crippen LogP contribution >= 0.6 is 0 Å². The molecule has 1 heterocycles. The van der Waals surface area contributed by atoms with Crippen molar-refractivity contribution in [3.8, 4) is 0 Å². The second-order valence-electron chi connectivity index (χ2n) is 5.31. The summed E-state index contributed by atoms with van der Waals surface area (Å²) in [4.78, 5) is 2.40. The number of hydrogen-bond donors (Lipinski definition) is 1. The summed E-state index contributed by atoms with van der Waals surface area (Å²) in [5, 5.41) is 0. The van der Waals surface area contributed by atoms with Crippen LogP contribution in [-0.4, -0.2) is 55.9 Å². The Morgan fingerprint density at radius 1 is 1.24 bits per heavy atom. The molecule has 0 aliphatic rings. The molecule has 0 saturated carbocycles. The largest absolute Gasteiger partial charge is 0.349 e. The molecule has 0 fully saturated rings. The van der Waals surface area contributed by atoms with Crippen molar-refractivity contribution in [2.45, 2.75) is 38.3 Å². The lowest BCUT2D eigenvalue weighted by Gasteiger charge is -2.20. The summed E-state index contributed by atoms with van der Waals surface area (Å²) in [7, 11) is 0.539. The van der Waals surface area contributed by atoms with Gasteiger partial charge in [-0.25, -0.2) is 8.42 Å². The molecule has 0 atom stereocenters. The summed E-state index contributed by atoms with van der Waals surface area (Å²) < 4.78 is 28.8. The first-order chi connectivity index (χ1) is 9.86. The molecule has 0 bridgehead atoms. The van der Waals surface area contributed by atoms with Crippen LogP contribution in [0, 0.1) is 0 Å². The average molecular weight is 316 g/mol. The summed E-state index contributed by atoms with van der Waals surface area (Å²) in [6.45, 7) is 6.79. The van der Waals surface area contributed by atoms with Crippen molar-refractivity contribution in [3.63, 3.8) is 0 Å². The highest BCUT2D eigenvalue weighted by Crippen LogP contribution is 2.19. The van der Waals surface area contributed by atoms with Gasteiger partial charge >= 0.3 is 0 Å². The van der Waals surface area contributed by atoms with Crippen molar-refractivity contribution >= 4 is 10.0 Å². The SMILES string of the molecule is CCN(CCCN(C)C)S(=O)(=O)c1cc(CN)n(CC)c1. The second-order valence-corrected chi connectivity index (χ2v) is 7.25. The first kappa shape index (κ1) is 18.2. The van der Waals surface area contributed by atoms with Gasteiger partial charge in [-0.2, -0.15) is 4.31 Å². The maximum Gasteiger partial charge on any atom is 0.244 e. The van der Waals surface area contributed by atoms with E-state index in [2.05, 4.69) is 4.90 Å². The molecule has 2 N–H and O–H groups in total. The molecule has 0 radical (unpaired) electrons. The Morgan fingerprint density at radius 2 is 1.90 bits per heavy atom. The summed E-state index contributed by atoms with van der Waals surface area (Å²) in [5.74, 6) is 0. The molecule has 0 aliphatic heterocycles. The maximum atomic E-state index is 12.7. The molecule has 21 heavy (non-hydrogen) atoms. The van der Waals surface area contributed by atoms with E-state index in [9.17, 15) is 8.42 Å². The van der Waals surface area contributed by atoms with Crippen LogP contribution in [0.1, 0.15) is 26.0 Å². The molecule has 0 saturated heterocycles. The zero-order valence-electron chi connectivity index (χ0n) is 13.5. The third-order valence-electron chi connectivity index (χ3n) is 3.51. The molecule has 0 aromatic carbocycles. The second kappa shape index (κ2) is 7.93. The third kappa shape index (κ3) is 4.54. The molecule has 1 aromatic rings. The first-order valence-corrected chi connectivity index (χ1v) is 8.84. The van der Waals surface area contributed by atoms with Crippen molar-refractivity contribution < 1.29 is 8.42 Å². The molecule has 1 aromatic heterocycles. The summed E-state index contributed by atoms with van der Waals surface area (Å²) in [6, 6.07) is 1.69. The van der Waals surface area contributed by atoms with Gasteiger partial charge in [-0.05, 0) is 40.1 Å². The Morgan fingerprint density at radius 3 is 2.33 bits per heavy atom. The smallest absolute Gasteiger partial charge is 0.244 e. The Bertz CT molecular complexity index is 516. The number of rotatable bonds is 9. The van der Waals surface area contributed by atoms with E-state index in [0.717, 1.165) is 25.2 Å². The fourth-order valence-electron chi connectivity index (χ4n) is 2.29. The molecule has 0 unspecified atom stereocenters. The van der Waals surface area contributed by atoms with Gasteiger partial charge in [-0.1, -0.05) is 6.92 Å². The van der Waals surface area contributed by atoms with Gasteiger partial charge in [-0.15, -0.1) is 0 Å². The van der Waals surface area contributed by atoms with E-state index < -0.39 is 10.0 Å². The van der Waals surface area contributed by atoms with E-state index in [1.807, 2.05) is 32.5 Å². The highest BCUT2D eigenvalue weighted by molar-refractivity contribution is 7.89. The van der Waals surface area contributed by atoms with Gasteiger partial charge in [-0.3, -0.25) is 0 Å². The number of aromatic nitrogens is 1. The van der Waals surface area contributed by atoms with Gasteiger partial charge in [0.1, 0.15) is 4.90 Å². The third-order valence-corrected chi connectivity index (χ3v) is 5.45. The van der Waals surface area contributed by atoms with Crippen LogP contribution in [0.4, 0.5) is 0 Å².